The first-order chi connectivity index (χ1) is 12.5. The Bertz CT molecular complexity index is 726. The Balaban J connectivity index is 2.02. The second kappa shape index (κ2) is 10.3. The highest BCUT2D eigenvalue weighted by Crippen LogP contribution is 2.23. The summed E-state index contributed by atoms with van der Waals surface area (Å²) in [5.41, 5.74) is 0.705. The van der Waals surface area contributed by atoms with E-state index in [2.05, 4.69) is 31.4 Å². The van der Waals surface area contributed by atoms with Gasteiger partial charge in [-0.15, -0.1) is 5.10 Å². The molecule has 26 heavy (non-hydrogen) atoms. The Morgan fingerprint density at radius 3 is 3.00 bits per heavy atom. The van der Waals surface area contributed by atoms with Gasteiger partial charge >= 0.3 is 5.97 Å². The standard InChI is InChI=1S/C16H18BrN3O5S/c1-2-24-5-6-25-12-4-3-11(17)7-10(12)9-18-20-16-19-15(23)13(26-16)8-14(21)22/h3-4,7,9,13H,2,5-6,8H2,1H3,(H,21,22)(H,19,20,23). The Kier molecular flexibility index (Phi) is 8.07. The van der Waals surface area contributed by atoms with Gasteiger partial charge in [0.05, 0.1) is 19.2 Å². The second-order valence-electron chi connectivity index (χ2n) is 5.07. The van der Waals surface area contributed by atoms with Gasteiger partial charge in [0.25, 0.3) is 0 Å². The maximum absolute atomic E-state index is 11.7. The number of ether oxygens (including phenoxy) is 2. The number of carbonyl (C=O) groups is 2. The van der Waals surface area contributed by atoms with Crippen LogP contribution in [0.3, 0.4) is 0 Å². The average Bonchev–Trinajstić information content (AvgIpc) is 2.92. The first-order valence-electron chi connectivity index (χ1n) is 7.80. The van der Waals surface area contributed by atoms with E-state index in [-0.39, 0.29) is 17.5 Å². The molecule has 140 valence electrons. The van der Waals surface area contributed by atoms with Crippen LogP contribution in [0.25, 0.3) is 0 Å². The van der Waals surface area contributed by atoms with Crippen LogP contribution in [-0.4, -0.2) is 53.4 Å². The predicted molar refractivity (Wildman–Crippen MR) is 103 cm³/mol. The molecular formula is C16H18BrN3O5S. The van der Waals surface area contributed by atoms with Crippen molar-refractivity contribution in [2.45, 2.75) is 18.6 Å². The third-order valence-corrected chi connectivity index (χ3v) is 4.71. The fourth-order valence-electron chi connectivity index (χ4n) is 2.00. The molecule has 1 aromatic rings. The molecule has 1 aliphatic heterocycles. The third kappa shape index (κ3) is 6.43. The molecule has 0 saturated carbocycles. The molecule has 1 aliphatic rings. The van der Waals surface area contributed by atoms with E-state index in [1.165, 1.54) is 6.21 Å². The first kappa shape index (κ1) is 20.4. The van der Waals surface area contributed by atoms with Crippen molar-refractivity contribution >= 4 is 51.0 Å². The summed E-state index contributed by atoms with van der Waals surface area (Å²) in [5, 5.41) is 18.8. The molecule has 0 aliphatic carbocycles. The molecule has 1 amide bonds. The maximum Gasteiger partial charge on any atom is 0.305 e. The van der Waals surface area contributed by atoms with Gasteiger partial charge in [-0.05, 0) is 25.1 Å². The molecule has 8 nitrogen and oxygen atoms in total. The van der Waals surface area contributed by atoms with E-state index < -0.39 is 11.2 Å². The number of carboxylic acid groups (broad SMARTS) is 1. The fraction of sp³-hybridized carbons (Fsp3) is 0.375. The second-order valence-corrected chi connectivity index (χ2v) is 7.18. The summed E-state index contributed by atoms with van der Waals surface area (Å²) in [4.78, 5) is 22.4. The van der Waals surface area contributed by atoms with Crippen molar-refractivity contribution in [2.24, 2.45) is 10.2 Å². The highest BCUT2D eigenvalue weighted by atomic mass is 79.9. The Hall–Kier alpha value is -1.91. The summed E-state index contributed by atoms with van der Waals surface area (Å²) < 4.78 is 11.8. The normalized spacial score (nSPS) is 18.5. The number of thioether (sulfide) groups is 1. The molecule has 1 saturated heterocycles. The lowest BCUT2D eigenvalue weighted by atomic mass is 10.2. The van der Waals surface area contributed by atoms with Crippen LogP contribution in [-0.2, 0) is 14.3 Å². The van der Waals surface area contributed by atoms with Gasteiger partial charge in [-0.3, -0.25) is 9.59 Å². The molecule has 10 heteroatoms. The van der Waals surface area contributed by atoms with Crippen molar-refractivity contribution in [3.63, 3.8) is 0 Å². The van der Waals surface area contributed by atoms with Crippen molar-refractivity contribution in [2.75, 3.05) is 19.8 Å². The molecule has 0 bridgehead atoms. The van der Waals surface area contributed by atoms with Gasteiger partial charge in [0.15, 0.2) is 5.17 Å². The number of carbonyl (C=O) groups excluding carboxylic acids is 1. The monoisotopic (exact) mass is 443 g/mol. The molecule has 1 aromatic carbocycles. The van der Waals surface area contributed by atoms with Crippen LogP contribution in [0, 0.1) is 0 Å². The Labute approximate surface area is 163 Å². The smallest absolute Gasteiger partial charge is 0.305 e. The highest BCUT2D eigenvalue weighted by molar-refractivity contribution is 9.10. The number of halogens is 1. The number of rotatable bonds is 9. The third-order valence-electron chi connectivity index (χ3n) is 3.14. The average molecular weight is 444 g/mol. The molecule has 0 aromatic heterocycles. The summed E-state index contributed by atoms with van der Waals surface area (Å²) in [5.74, 6) is -0.789. The number of benzene rings is 1. The number of aliphatic carboxylic acids is 1. The zero-order valence-electron chi connectivity index (χ0n) is 14.0. The number of hydrogen-bond donors (Lipinski definition) is 2. The van der Waals surface area contributed by atoms with Crippen LogP contribution < -0.4 is 10.1 Å². The lowest BCUT2D eigenvalue weighted by Crippen LogP contribution is -2.26. The number of amides is 1. The first-order valence-corrected chi connectivity index (χ1v) is 9.47. The molecule has 1 atom stereocenters. The van der Waals surface area contributed by atoms with Gasteiger partial charge in [0, 0.05) is 16.6 Å². The molecule has 0 radical (unpaired) electrons. The number of amidine groups is 1. The van der Waals surface area contributed by atoms with Crippen LogP contribution in [0.4, 0.5) is 0 Å². The minimum atomic E-state index is -1.04. The van der Waals surface area contributed by atoms with E-state index in [0.29, 0.717) is 31.1 Å². The van der Waals surface area contributed by atoms with Crippen molar-refractivity contribution in [3.8, 4) is 5.75 Å². The van der Waals surface area contributed by atoms with E-state index in [9.17, 15) is 9.59 Å². The summed E-state index contributed by atoms with van der Waals surface area (Å²) >= 11 is 4.44. The largest absolute Gasteiger partial charge is 0.491 e. The number of nitrogens with one attached hydrogen (secondary N) is 1. The number of nitrogens with zero attached hydrogens (tertiary/aromatic N) is 2. The summed E-state index contributed by atoms with van der Waals surface area (Å²) in [6.07, 6.45) is 1.24. The lowest BCUT2D eigenvalue weighted by Gasteiger charge is -2.09. The van der Waals surface area contributed by atoms with Gasteiger partial charge in [0.2, 0.25) is 5.91 Å². The van der Waals surface area contributed by atoms with Crippen LogP contribution in [0.1, 0.15) is 18.9 Å². The van der Waals surface area contributed by atoms with Crippen LogP contribution in [0.5, 0.6) is 5.75 Å². The van der Waals surface area contributed by atoms with Crippen molar-refractivity contribution in [1.82, 2.24) is 5.32 Å². The van der Waals surface area contributed by atoms with Gasteiger partial charge in [0.1, 0.15) is 17.6 Å². The summed E-state index contributed by atoms with van der Waals surface area (Å²) in [6.45, 7) is 3.44. The topological polar surface area (TPSA) is 110 Å². The van der Waals surface area contributed by atoms with E-state index in [1.54, 1.807) is 6.07 Å². The predicted octanol–water partition coefficient (Wildman–Crippen LogP) is 2.26. The highest BCUT2D eigenvalue weighted by Gasteiger charge is 2.32. The quantitative estimate of drug-likeness (QED) is 0.344. The summed E-state index contributed by atoms with van der Waals surface area (Å²) in [7, 11) is 0. The fourth-order valence-corrected chi connectivity index (χ4v) is 3.29. The van der Waals surface area contributed by atoms with Gasteiger partial charge in [-0.1, -0.05) is 27.7 Å². The van der Waals surface area contributed by atoms with Gasteiger partial charge in [-0.25, -0.2) is 0 Å². The lowest BCUT2D eigenvalue weighted by molar-refractivity contribution is -0.138. The van der Waals surface area contributed by atoms with Crippen molar-refractivity contribution in [3.05, 3.63) is 28.2 Å². The van der Waals surface area contributed by atoms with Crippen LogP contribution >= 0.6 is 27.7 Å². The summed E-state index contributed by atoms with van der Waals surface area (Å²) in [6, 6.07) is 5.48. The van der Waals surface area contributed by atoms with Gasteiger partial charge in [-0.2, -0.15) is 5.10 Å². The van der Waals surface area contributed by atoms with Crippen molar-refractivity contribution < 1.29 is 24.2 Å². The minimum absolute atomic E-state index is 0.261. The SMILES string of the molecule is CCOCCOc1ccc(Br)cc1C=NN=C1NC(=O)C(CC(=O)O)S1. The van der Waals surface area contributed by atoms with E-state index >= 15 is 0 Å². The molecule has 1 heterocycles. The number of carboxylic acids is 1. The molecule has 1 fully saturated rings. The molecule has 2 rings (SSSR count). The number of hydrogen-bond acceptors (Lipinski definition) is 7. The van der Waals surface area contributed by atoms with E-state index in [0.717, 1.165) is 16.2 Å². The zero-order chi connectivity index (χ0) is 18.9. The molecular weight excluding hydrogens is 426 g/mol. The molecule has 2 N–H and O–H groups in total. The zero-order valence-corrected chi connectivity index (χ0v) is 16.4. The molecule has 0 spiro atoms. The minimum Gasteiger partial charge on any atom is -0.491 e. The Morgan fingerprint density at radius 1 is 1.46 bits per heavy atom. The molecule has 1 unspecified atom stereocenters. The van der Waals surface area contributed by atoms with E-state index in [4.69, 9.17) is 14.6 Å². The maximum atomic E-state index is 11.7. The Morgan fingerprint density at radius 2 is 2.27 bits per heavy atom. The van der Waals surface area contributed by atoms with Crippen LogP contribution in [0.2, 0.25) is 0 Å². The van der Waals surface area contributed by atoms with Crippen LogP contribution in [0.15, 0.2) is 32.9 Å². The van der Waals surface area contributed by atoms with Gasteiger partial charge < -0.3 is 19.9 Å². The van der Waals surface area contributed by atoms with Crippen molar-refractivity contribution in [1.29, 1.82) is 0 Å². The van der Waals surface area contributed by atoms with E-state index in [1.807, 2.05) is 19.1 Å².